The van der Waals surface area contributed by atoms with Crippen LogP contribution in [0.15, 0.2) is 53.0 Å². The molecule has 0 aliphatic heterocycles. The lowest BCUT2D eigenvalue weighted by Crippen LogP contribution is -2.21. The number of amides is 1. The van der Waals surface area contributed by atoms with Gasteiger partial charge in [-0.2, -0.15) is 0 Å². The first-order valence-corrected chi connectivity index (χ1v) is 7.70. The fourth-order valence-corrected chi connectivity index (χ4v) is 2.31. The molecule has 6 heteroatoms. The van der Waals surface area contributed by atoms with Gasteiger partial charge in [-0.25, -0.2) is 0 Å². The van der Waals surface area contributed by atoms with E-state index in [1.54, 1.807) is 49.6 Å². The number of benzene rings is 2. The second-order valence-electron chi connectivity index (χ2n) is 4.75. The molecule has 2 aromatic carbocycles. The lowest BCUT2D eigenvalue weighted by molar-refractivity contribution is -0.146. The molecule has 0 aromatic heterocycles. The van der Waals surface area contributed by atoms with Gasteiger partial charge in [-0.3, -0.25) is 9.59 Å². The van der Waals surface area contributed by atoms with E-state index < -0.39 is 5.97 Å². The Morgan fingerprint density at radius 1 is 1.13 bits per heavy atom. The van der Waals surface area contributed by atoms with Gasteiger partial charge in [-0.15, -0.1) is 0 Å². The van der Waals surface area contributed by atoms with Crippen molar-refractivity contribution in [3.63, 3.8) is 0 Å². The first-order valence-electron chi connectivity index (χ1n) is 6.91. The van der Waals surface area contributed by atoms with Gasteiger partial charge in [0.2, 0.25) is 0 Å². The predicted octanol–water partition coefficient (Wildman–Crippen LogP) is 3.18. The summed E-state index contributed by atoms with van der Waals surface area (Å²) in [4.78, 5) is 23.5. The SMILES string of the molecule is COc1cccc(CC(=O)OCC(=O)Nc2cccc(Br)c2)c1. The van der Waals surface area contributed by atoms with Crippen molar-refractivity contribution in [1.29, 1.82) is 0 Å². The maximum Gasteiger partial charge on any atom is 0.310 e. The van der Waals surface area contributed by atoms with Crippen LogP contribution in [0.4, 0.5) is 5.69 Å². The minimum atomic E-state index is -0.470. The summed E-state index contributed by atoms with van der Waals surface area (Å²) in [5.41, 5.74) is 1.40. The van der Waals surface area contributed by atoms with Gasteiger partial charge in [0, 0.05) is 10.2 Å². The van der Waals surface area contributed by atoms with E-state index in [-0.39, 0.29) is 18.9 Å². The summed E-state index contributed by atoms with van der Waals surface area (Å²) in [6.45, 7) is -0.324. The number of carbonyl (C=O) groups is 2. The van der Waals surface area contributed by atoms with Gasteiger partial charge in [0.05, 0.1) is 13.5 Å². The Morgan fingerprint density at radius 2 is 1.91 bits per heavy atom. The summed E-state index contributed by atoms with van der Waals surface area (Å²) in [6, 6.07) is 14.3. The van der Waals surface area contributed by atoms with E-state index in [0.29, 0.717) is 11.4 Å². The highest BCUT2D eigenvalue weighted by Crippen LogP contribution is 2.15. The standard InChI is InChI=1S/C17H16BrNO4/c1-22-15-7-2-4-12(8-15)9-17(21)23-11-16(20)19-14-6-3-5-13(18)10-14/h2-8,10H,9,11H2,1H3,(H,19,20). The van der Waals surface area contributed by atoms with Crippen LogP contribution in [0.1, 0.15) is 5.56 Å². The Balaban J connectivity index is 1.80. The molecule has 1 amide bonds. The topological polar surface area (TPSA) is 64.6 Å². The number of carbonyl (C=O) groups excluding carboxylic acids is 2. The van der Waals surface area contributed by atoms with E-state index in [0.717, 1.165) is 10.0 Å². The summed E-state index contributed by atoms with van der Waals surface area (Å²) in [6.07, 6.45) is 0.0847. The summed E-state index contributed by atoms with van der Waals surface area (Å²) < 4.78 is 10.9. The molecule has 5 nitrogen and oxygen atoms in total. The van der Waals surface area contributed by atoms with Crippen LogP contribution in [0.25, 0.3) is 0 Å². The number of anilines is 1. The second-order valence-corrected chi connectivity index (χ2v) is 5.66. The average Bonchev–Trinajstić information content (AvgIpc) is 2.53. The molecule has 0 fully saturated rings. The molecule has 1 N–H and O–H groups in total. The van der Waals surface area contributed by atoms with E-state index in [4.69, 9.17) is 9.47 Å². The molecule has 0 saturated heterocycles. The molecule has 0 aliphatic carbocycles. The van der Waals surface area contributed by atoms with Crippen molar-refractivity contribution >= 4 is 33.5 Å². The number of ether oxygens (including phenoxy) is 2. The Morgan fingerprint density at radius 3 is 2.65 bits per heavy atom. The third-order valence-corrected chi connectivity index (χ3v) is 3.45. The van der Waals surface area contributed by atoms with Gasteiger partial charge in [0.25, 0.3) is 5.91 Å². The summed E-state index contributed by atoms with van der Waals surface area (Å²) in [5.74, 6) is -0.188. The lowest BCUT2D eigenvalue weighted by Gasteiger charge is -2.07. The number of hydrogen-bond acceptors (Lipinski definition) is 4. The number of esters is 1. The van der Waals surface area contributed by atoms with Gasteiger partial charge < -0.3 is 14.8 Å². The molecule has 23 heavy (non-hydrogen) atoms. The Bertz CT molecular complexity index is 702. The summed E-state index contributed by atoms with van der Waals surface area (Å²) >= 11 is 3.32. The van der Waals surface area contributed by atoms with Gasteiger partial charge in [0.1, 0.15) is 5.75 Å². The monoisotopic (exact) mass is 377 g/mol. The Kier molecular flexibility index (Phi) is 6.17. The normalized spacial score (nSPS) is 10.0. The fourth-order valence-electron chi connectivity index (χ4n) is 1.91. The highest BCUT2D eigenvalue weighted by Gasteiger charge is 2.09. The zero-order valence-electron chi connectivity index (χ0n) is 12.5. The minimum absolute atomic E-state index is 0.0847. The molecule has 0 aliphatic rings. The largest absolute Gasteiger partial charge is 0.497 e. The van der Waals surface area contributed by atoms with E-state index in [1.165, 1.54) is 0 Å². The molecule has 0 heterocycles. The molecule has 0 bridgehead atoms. The third-order valence-electron chi connectivity index (χ3n) is 2.96. The Hall–Kier alpha value is -2.34. The van der Waals surface area contributed by atoms with E-state index in [9.17, 15) is 9.59 Å². The van der Waals surface area contributed by atoms with Crippen molar-refractivity contribution in [3.8, 4) is 5.75 Å². The minimum Gasteiger partial charge on any atom is -0.497 e. The van der Waals surface area contributed by atoms with E-state index >= 15 is 0 Å². The van der Waals surface area contributed by atoms with Crippen LogP contribution in [0.3, 0.4) is 0 Å². The van der Waals surface area contributed by atoms with Crippen molar-refractivity contribution in [1.82, 2.24) is 0 Å². The predicted molar refractivity (Wildman–Crippen MR) is 90.4 cm³/mol. The number of nitrogens with one attached hydrogen (secondary N) is 1. The van der Waals surface area contributed by atoms with Crippen LogP contribution in [0.5, 0.6) is 5.75 Å². The van der Waals surface area contributed by atoms with Gasteiger partial charge in [-0.1, -0.05) is 34.1 Å². The first kappa shape index (κ1) is 17.0. The number of halogens is 1. The van der Waals surface area contributed by atoms with Gasteiger partial charge in [0.15, 0.2) is 6.61 Å². The number of methoxy groups -OCH3 is 1. The average molecular weight is 378 g/mol. The van der Waals surface area contributed by atoms with Crippen LogP contribution >= 0.6 is 15.9 Å². The molecule has 0 spiro atoms. The van der Waals surface area contributed by atoms with E-state index in [2.05, 4.69) is 21.2 Å². The van der Waals surface area contributed by atoms with Crippen LogP contribution in [-0.2, 0) is 20.7 Å². The maximum atomic E-state index is 11.8. The van der Waals surface area contributed by atoms with Gasteiger partial charge >= 0.3 is 5.97 Å². The van der Waals surface area contributed by atoms with Crippen molar-refractivity contribution in [2.45, 2.75) is 6.42 Å². The smallest absolute Gasteiger partial charge is 0.310 e. The molecule has 0 radical (unpaired) electrons. The van der Waals surface area contributed by atoms with Crippen LogP contribution in [0, 0.1) is 0 Å². The third kappa shape index (κ3) is 5.75. The molecule has 0 unspecified atom stereocenters. The number of rotatable bonds is 6. The van der Waals surface area contributed by atoms with Crippen LogP contribution in [0.2, 0.25) is 0 Å². The summed E-state index contributed by atoms with van der Waals surface area (Å²) in [5, 5.41) is 2.65. The van der Waals surface area contributed by atoms with Crippen LogP contribution in [-0.4, -0.2) is 25.6 Å². The summed E-state index contributed by atoms with van der Waals surface area (Å²) in [7, 11) is 1.56. The second kappa shape index (κ2) is 8.33. The van der Waals surface area contributed by atoms with Crippen molar-refractivity contribution in [2.75, 3.05) is 19.0 Å². The fraction of sp³-hybridized carbons (Fsp3) is 0.176. The molecular formula is C17H16BrNO4. The van der Waals surface area contributed by atoms with Gasteiger partial charge in [-0.05, 0) is 35.9 Å². The lowest BCUT2D eigenvalue weighted by atomic mass is 10.1. The molecule has 0 atom stereocenters. The quantitative estimate of drug-likeness (QED) is 0.785. The number of hydrogen-bond donors (Lipinski definition) is 1. The maximum absolute atomic E-state index is 11.8. The molecule has 2 aromatic rings. The molecular weight excluding hydrogens is 362 g/mol. The van der Waals surface area contributed by atoms with Crippen LogP contribution < -0.4 is 10.1 Å². The zero-order valence-corrected chi connectivity index (χ0v) is 14.1. The van der Waals surface area contributed by atoms with E-state index in [1.807, 2.05) is 6.07 Å². The zero-order chi connectivity index (χ0) is 16.7. The Labute approximate surface area is 142 Å². The first-order chi connectivity index (χ1) is 11.1. The highest BCUT2D eigenvalue weighted by atomic mass is 79.9. The van der Waals surface area contributed by atoms with Crippen molar-refractivity contribution in [3.05, 3.63) is 58.6 Å². The highest BCUT2D eigenvalue weighted by molar-refractivity contribution is 9.10. The van der Waals surface area contributed by atoms with Crippen molar-refractivity contribution < 1.29 is 19.1 Å². The molecule has 0 saturated carbocycles. The van der Waals surface area contributed by atoms with Crippen molar-refractivity contribution in [2.24, 2.45) is 0 Å². The molecule has 120 valence electrons. The molecule has 2 rings (SSSR count).